The Kier molecular flexibility index (Phi) is 7.14. The van der Waals surface area contributed by atoms with E-state index in [0.717, 1.165) is 6.07 Å². The van der Waals surface area contributed by atoms with Crippen molar-refractivity contribution in [2.45, 2.75) is 13.1 Å². The molecule has 0 bridgehead atoms. The highest BCUT2D eigenvalue weighted by Crippen LogP contribution is 2.34. The molecule has 1 heterocycles. The number of alkyl halides is 3. The van der Waals surface area contributed by atoms with Crippen LogP contribution in [0.4, 0.5) is 24.5 Å². The first-order valence-electron chi connectivity index (χ1n) is 9.99. The molecule has 1 aliphatic heterocycles. The summed E-state index contributed by atoms with van der Waals surface area (Å²) in [6, 6.07) is 11.4. The van der Waals surface area contributed by atoms with Crippen LogP contribution in [-0.2, 0) is 15.8 Å². The summed E-state index contributed by atoms with van der Waals surface area (Å²) in [7, 11) is 0. The van der Waals surface area contributed by atoms with Crippen molar-refractivity contribution in [1.29, 1.82) is 0 Å². The zero-order valence-corrected chi connectivity index (χ0v) is 17.4. The van der Waals surface area contributed by atoms with Crippen LogP contribution in [0.2, 0.25) is 0 Å². The Bertz CT molecular complexity index is 985. The molecule has 0 aromatic heterocycles. The smallest absolute Gasteiger partial charge is 0.336 e. The Labute approximate surface area is 183 Å². The lowest BCUT2D eigenvalue weighted by atomic mass is 10.1. The Morgan fingerprint density at radius 1 is 0.906 bits per heavy atom. The lowest BCUT2D eigenvalue weighted by Gasteiger charge is -2.34. The maximum absolute atomic E-state index is 13.1. The highest BCUT2D eigenvalue weighted by Gasteiger charge is 2.33. The van der Waals surface area contributed by atoms with E-state index in [0.29, 0.717) is 37.4 Å². The number of hydrogen-bond acceptors (Lipinski definition) is 4. The van der Waals surface area contributed by atoms with Crippen LogP contribution in [0.25, 0.3) is 0 Å². The minimum absolute atomic E-state index is 0.0698. The highest BCUT2D eigenvalue weighted by atomic mass is 19.4. The Balaban J connectivity index is 1.51. The van der Waals surface area contributed by atoms with E-state index in [-0.39, 0.29) is 24.0 Å². The van der Waals surface area contributed by atoms with E-state index in [4.69, 9.17) is 0 Å². The van der Waals surface area contributed by atoms with Gasteiger partial charge in [-0.05, 0) is 36.4 Å². The molecule has 2 N–H and O–H groups in total. The molecule has 0 aliphatic carbocycles. The lowest BCUT2D eigenvalue weighted by molar-refractivity contribution is -0.137. The molecule has 2 aromatic rings. The predicted molar refractivity (Wildman–Crippen MR) is 113 cm³/mol. The zero-order valence-electron chi connectivity index (χ0n) is 17.4. The highest BCUT2D eigenvalue weighted by molar-refractivity contribution is 5.96. The molecule has 3 rings (SSSR count). The number of carbonyl (C=O) groups is 3. The van der Waals surface area contributed by atoms with Gasteiger partial charge >= 0.3 is 6.18 Å². The fourth-order valence-electron chi connectivity index (χ4n) is 3.42. The van der Waals surface area contributed by atoms with Crippen LogP contribution < -0.4 is 10.6 Å². The summed E-state index contributed by atoms with van der Waals surface area (Å²) in [4.78, 5) is 39.5. The van der Waals surface area contributed by atoms with Crippen LogP contribution in [0.3, 0.4) is 0 Å². The largest absolute Gasteiger partial charge is 0.418 e. The van der Waals surface area contributed by atoms with Gasteiger partial charge in [0.05, 0.1) is 17.8 Å². The number of halogens is 3. The minimum Gasteiger partial charge on any atom is -0.336 e. The molecule has 32 heavy (non-hydrogen) atoms. The summed E-state index contributed by atoms with van der Waals surface area (Å²) in [5.74, 6) is -0.913. The second-order valence-electron chi connectivity index (χ2n) is 7.42. The Hall–Kier alpha value is -3.40. The molecule has 1 saturated heterocycles. The van der Waals surface area contributed by atoms with Crippen LogP contribution >= 0.6 is 0 Å². The summed E-state index contributed by atoms with van der Waals surface area (Å²) in [6.07, 6.45) is -4.56. The van der Waals surface area contributed by atoms with Gasteiger partial charge in [0.15, 0.2) is 0 Å². The first-order valence-corrected chi connectivity index (χ1v) is 9.99. The molecule has 0 radical (unpaired) electrons. The maximum Gasteiger partial charge on any atom is 0.418 e. The van der Waals surface area contributed by atoms with Crippen LogP contribution in [-0.4, -0.2) is 60.2 Å². The van der Waals surface area contributed by atoms with Gasteiger partial charge in [0.2, 0.25) is 11.8 Å². The monoisotopic (exact) mass is 448 g/mol. The summed E-state index contributed by atoms with van der Waals surface area (Å²) >= 11 is 0. The zero-order chi connectivity index (χ0) is 23.3. The number of anilines is 2. The van der Waals surface area contributed by atoms with E-state index in [1.54, 1.807) is 34.1 Å². The van der Waals surface area contributed by atoms with Crippen molar-refractivity contribution in [2.24, 2.45) is 0 Å². The van der Waals surface area contributed by atoms with Gasteiger partial charge in [-0.1, -0.05) is 12.1 Å². The van der Waals surface area contributed by atoms with Gasteiger partial charge in [0.25, 0.3) is 5.91 Å². The van der Waals surface area contributed by atoms with Crippen molar-refractivity contribution in [3.63, 3.8) is 0 Å². The van der Waals surface area contributed by atoms with Crippen LogP contribution in [0.15, 0.2) is 48.5 Å². The third-order valence-corrected chi connectivity index (χ3v) is 4.99. The molecule has 0 atom stereocenters. The number of rotatable bonds is 5. The lowest BCUT2D eigenvalue weighted by Crippen LogP contribution is -2.50. The maximum atomic E-state index is 13.1. The molecule has 0 saturated carbocycles. The molecule has 170 valence electrons. The summed E-state index contributed by atoms with van der Waals surface area (Å²) in [6.45, 7) is 2.94. The molecule has 10 heteroatoms. The van der Waals surface area contributed by atoms with Crippen molar-refractivity contribution in [3.8, 4) is 0 Å². The normalized spacial score (nSPS) is 14.7. The van der Waals surface area contributed by atoms with Gasteiger partial charge in [0.1, 0.15) is 0 Å². The molecule has 0 unspecified atom stereocenters. The summed E-state index contributed by atoms with van der Waals surface area (Å²) in [5.41, 5.74) is -0.0964. The molecule has 7 nitrogen and oxygen atoms in total. The van der Waals surface area contributed by atoms with Gasteiger partial charge in [-0.2, -0.15) is 13.2 Å². The SMILES string of the molecule is CC(=O)Nc1ccc(C(=O)N2CCN(CC(=O)Nc3ccccc3C(F)(F)F)CC2)cc1. The third kappa shape index (κ3) is 6.07. The van der Waals surface area contributed by atoms with E-state index < -0.39 is 17.6 Å². The van der Waals surface area contributed by atoms with Gasteiger partial charge in [-0.25, -0.2) is 0 Å². The number of amides is 3. The third-order valence-electron chi connectivity index (χ3n) is 4.99. The fraction of sp³-hybridized carbons (Fsp3) is 0.318. The van der Waals surface area contributed by atoms with Gasteiger partial charge < -0.3 is 15.5 Å². The number of benzene rings is 2. The first kappa shape index (κ1) is 23.3. The fourth-order valence-corrected chi connectivity index (χ4v) is 3.42. The Morgan fingerprint density at radius 3 is 2.12 bits per heavy atom. The van der Waals surface area contributed by atoms with Crippen molar-refractivity contribution in [2.75, 3.05) is 43.4 Å². The Morgan fingerprint density at radius 2 is 1.53 bits per heavy atom. The standard InChI is InChI=1S/C22H23F3N4O3/c1-15(30)26-17-8-6-16(7-9-17)21(32)29-12-10-28(11-13-29)14-20(31)27-19-5-3-2-4-18(19)22(23,24)25/h2-9H,10-14H2,1H3,(H,26,30)(H,27,31). The summed E-state index contributed by atoms with van der Waals surface area (Å²) < 4.78 is 39.2. The van der Waals surface area contributed by atoms with Crippen molar-refractivity contribution < 1.29 is 27.6 Å². The molecule has 2 aromatic carbocycles. The van der Waals surface area contributed by atoms with Crippen molar-refractivity contribution in [3.05, 3.63) is 59.7 Å². The van der Waals surface area contributed by atoms with E-state index in [1.165, 1.54) is 25.1 Å². The quantitative estimate of drug-likeness (QED) is 0.737. The molecular weight excluding hydrogens is 425 g/mol. The van der Waals surface area contributed by atoms with E-state index in [2.05, 4.69) is 10.6 Å². The average Bonchev–Trinajstić information content (AvgIpc) is 2.73. The molecule has 1 aliphatic rings. The molecule has 0 spiro atoms. The number of para-hydroxylation sites is 1. The van der Waals surface area contributed by atoms with E-state index in [9.17, 15) is 27.6 Å². The molecule has 1 fully saturated rings. The first-order chi connectivity index (χ1) is 15.1. The topological polar surface area (TPSA) is 81.8 Å². The van der Waals surface area contributed by atoms with E-state index >= 15 is 0 Å². The van der Waals surface area contributed by atoms with Crippen molar-refractivity contribution in [1.82, 2.24) is 9.80 Å². The van der Waals surface area contributed by atoms with Crippen LogP contribution in [0.1, 0.15) is 22.8 Å². The van der Waals surface area contributed by atoms with E-state index in [1.807, 2.05) is 0 Å². The number of piperazine rings is 1. The summed E-state index contributed by atoms with van der Waals surface area (Å²) in [5, 5.41) is 4.96. The van der Waals surface area contributed by atoms with Crippen LogP contribution in [0, 0.1) is 0 Å². The number of carbonyl (C=O) groups excluding carboxylic acids is 3. The molecule has 3 amide bonds. The predicted octanol–water partition coefficient (Wildman–Crippen LogP) is 3.06. The molecular formula is C22H23F3N4O3. The second kappa shape index (κ2) is 9.82. The number of hydrogen-bond donors (Lipinski definition) is 2. The number of nitrogens with zero attached hydrogens (tertiary/aromatic N) is 2. The van der Waals surface area contributed by atoms with Crippen molar-refractivity contribution >= 4 is 29.1 Å². The van der Waals surface area contributed by atoms with Gasteiger partial charge in [0, 0.05) is 44.4 Å². The van der Waals surface area contributed by atoms with Crippen LogP contribution in [0.5, 0.6) is 0 Å². The number of nitrogens with one attached hydrogen (secondary N) is 2. The minimum atomic E-state index is -4.56. The second-order valence-corrected chi connectivity index (χ2v) is 7.42. The average molecular weight is 448 g/mol. The van der Waals surface area contributed by atoms with Gasteiger partial charge in [-0.3, -0.25) is 19.3 Å². The van der Waals surface area contributed by atoms with Gasteiger partial charge in [-0.15, -0.1) is 0 Å².